The zero-order valence-electron chi connectivity index (χ0n) is 11.0. The van der Waals surface area contributed by atoms with Gasteiger partial charge in [-0.3, -0.25) is 0 Å². The number of piperidine rings is 1. The van der Waals surface area contributed by atoms with E-state index in [1.165, 1.54) is 32.1 Å². The fraction of sp³-hybridized carbons (Fsp3) is 0.923. The molecule has 1 aliphatic heterocycles. The Labute approximate surface area is 106 Å². The molecule has 0 saturated carbocycles. The number of rotatable bonds is 4. The first-order chi connectivity index (χ1) is 7.65. The van der Waals surface area contributed by atoms with Crippen LogP contribution in [0.3, 0.4) is 0 Å². The summed E-state index contributed by atoms with van der Waals surface area (Å²) in [5.41, 5.74) is 0. The minimum Gasteiger partial charge on any atom is -0.362 e. The van der Waals surface area contributed by atoms with E-state index in [0.29, 0.717) is 12.0 Å². The Bertz CT molecular complexity index is 214. The van der Waals surface area contributed by atoms with Crippen LogP contribution < -0.4 is 5.32 Å². The third-order valence-electron chi connectivity index (χ3n) is 3.17. The van der Waals surface area contributed by atoms with Gasteiger partial charge in [-0.2, -0.15) is 0 Å². The first-order valence-corrected chi connectivity index (χ1v) is 7.10. The number of hydrogen-bond donors (Lipinski definition) is 1. The van der Waals surface area contributed by atoms with E-state index in [9.17, 15) is 0 Å². The molecule has 94 valence electrons. The van der Waals surface area contributed by atoms with Crippen molar-refractivity contribution in [1.29, 1.82) is 0 Å². The zero-order chi connectivity index (χ0) is 12.0. The second-order valence-corrected chi connectivity index (χ2v) is 5.60. The van der Waals surface area contributed by atoms with E-state index in [1.54, 1.807) is 0 Å². The quantitative estimate of drug-likeness (QED) is 0.762. The molecule has 16 heavy (non-hydrogen) atoms. The lowest BCUT2D eigenvalue weighted by atomic mass is 9.99. The van der Waals surface area contributed by atoms with Crippen molar-refractivity contribution in [2.24, 2.45) is 5.92 Å². The Hall–Kier alpha value is -0.310. The van der Waals surface area contributed by atoms with E-state index in [0.717, 1.165) is 18.2 Å². The molecule has 1 atom stereocenters. The van der Waals surface area contributed by atoms with Gasteiger partial charge in [0.25, 0.3) is 0 Å². The molecule has 1 unspecified atom stereocenters. The summed E-state index contributed by atoms with van der Waals surface area (Å²) >= 11 is 5.50. The van der Waals surface area contributed by atoms with E-state index >= 15 is 0 Å². The van der Waals surface area contributed by atoms with Gasteiger partial charge in [-0.15, -0.1) is 0 Å². The number of likely N-dealkylation sites (tertiary alicyclic amines) is 1. The summed E-state index contributed by atoms with van der Waals surface area (Å²) in [6.45, 7) is 8.84. The summed E-state index contributed by atoms with van der Waals surface area (Å²) in [6, 6.07) is 0.686. The fourth-order valence-corrected chi connectivity index (χ4v) is 2.62. The summed E-state index contributed by atoms with van der Waals surface area (Å²) in [7, 11) is 0. The van der Waals surface area contributed by atoms with E-state index in [2.05, 4.69) is 31.0 Å². The molecule has 0 aromatic carbocycles. The maximum Gasteiger partial charge on any atom is 0.169 e. The highest BCUT2D eigenvalue weighted by atomic mass is 32.1. The first kappa shape index (κ1) is 13.8. The van der Waals surface area contributed by atoms with E-state index < -0.39 is 0 Å². The monoisotopic (exact) mass is 242 g/mol. The normalized spacial score (nSPS) is 21.2. The molecule has 1 rings (SSSR count). The second-order valence-electron chi connectivity index (χ2n) is 5.21. The maximum atomic E-state index is 5.50. The third-order valence-corrected chi connectivity index (χ3v) is 3.55. The molecule has 0 bridgehead atoms. The van der Waals surface area contributed by atoms with Gasteiger partial charge in [-0.1, -0.05) is 27.2 Å². The van der Waals surface area contributed by atoms with Crippen molar-refractivity contribution in [2.75, 3.05) is 13.1 Å². The molecule has 0 amide bonds. The van der Waals surface area contributed by atoms with Crippen molar-refractivity contribution < 1.29 is 0 Å². The maximum absolute atomic E-state index is 5.50. The lowest BCUT2D eigenvalue weighted by molar-refractivity contribution is 0.225. The minimum absolute atomic E-state index is 0.660. The molecule has 1 aliphatic rings. The molecule has 0 aromatic rings. The Morgan fingerprint density at radius 2 is 2.19 bits per heavy atom. The fourth-order valence-electron chi connectivity index (χ4n) is 2.29. The predicted octanol–water partition coefficient (Wildman–Crippen LogP) is 3.17. The topological polar surface area (TPSA) is 15.3 Å². The molecule has 0 aliphatic carbocycles. The molecule has 1 N–H and O–H groups in total. The van der Waals surface area contributed by atoms with Crippen LogP contribution in [0.1, 0.15) is 52.9 Å². The lowest BCUT2D eigenvalue weighted by Crippen LogP contribution is -2.49. The lowest BCUT2D eigenvalue weighted by Gasteiger charge is -2.38. The standard InChI is InChI=1S/C13H26N2S/c1-4-7-12-8-5-6-9-15(12)13(16)14-10-11(2)3/h11-12H,4-10H2,1-3H3,(H,14,16). The minimum atomic E-state index is 0.660. The number of thiocarbonyl (C=S) groups is 1. The summed E-state index contributed by atoms with van der Waals surface area (Å²) in [4.78, 5) is 2.42. The van der Waals surface area contributed by atoms with Crippen LogP contribution in [0.5, 0.6) is 0 Å². The van der Waals surface area contributed by atoms with Gasteiger partial charge in [0.2, 0.25) is 0 Å². The van der Waals surface area contributed by atoms with Crippen molar-refractivity contribution >= 4 is 17.3 Å². The van der Waals surface area contributed by atoms with Gasteiger partial charge in [0.05, 0.1) is 0 Å². The second kappa shape index (κ2) is 7.10. The SMILES string of the molecule is CCCC1CCCCN1C(=S)NCC(C)C. The van der Waals surface area contributed by atoms with Gasteiger partial charge in [0, 0.05) is 19.1 Å². The Morgan fingerprint density at radius 3 is 2.81 bits per heavy atom. The Balaban J connectivity index is 2.43. The number of hydrogen-bond acceptors (Lipinski definition) is 1. The molecule has 2 nitrogen and oxygen atoms in total. The van der Waals surface area contributed by atoms with Crippen molar-refractivity contribution in [3.8, 4) is 0 Å². The van der Waals surface area contributed by atoms with Gasteiger partial charge < -0.3 is 10.2 Å². The molecule has 0 spiro atoms. The summed E-state index contributed by atoms with van der Waals surface area (Å²) in [6.07, 6.45) is 6.52. The highest BCUT2D eigenvalue weighted by molar-refractivity contribution is 7.80. The van der Waals surface area contributed by atoms with Crippen molar-refractivity contribution in [2.45, 2.75) is 58.9 Å². The predicted molar refractivity (Wildman–Crippen MR) is 74.7 cm³/mol. The Morgan fingerprint density at radius 1 is 1.44 bits per heavy atom. The van der Waals surface area contributed by atoms with Crippen LogP contribution in [0.15, 0.2) is 0 Å². The summed E-state index contributed by atoms with van der Waals surface area (Å²) in [5.74, 6) is 0.660. The van der Waals surface area contributed by atoms with Gasteiger partial charge in [0.1, 0.15) is 0 Å². The van der Waals surface area contributed by atoms with E-state index in [-0.39, 0.29) is 0 Å². The van der Waals surface area contributed by atoms with Crippen LogP contribution in [0.2, 0.25) is 0 Å². The molecule has 1 fully saturated rings. The van der Waals surface area contributed by atoms with Crippen LogP contribution in [-0.4, -0.2) is 29.1 Å². The van der Waals surface area contributed by atoms with Crippen LogP contribution in [0.25, 0.3) is 0 Å². The van der Waals surface area contributed by atoms with Gasteiger partial charge in [-0.25, -0.2) is 0 Å². The summed E-state index contributed by atoms with van der Waals surface area (Å²) < 4.78 is 0. The van der Waals surface area contributed by atoms with E-state index in [1.807, 2.05) is 0 Å². The molecule has 1 saturated heterocycles. The van der Waals surface area contributed by atoms with Crippen molar-refractivity contribution in [1.82, 2.24) is 10.2 Å². The number of nitrogens with one attached hydrogen (secondary N) is 1. The van der Waals surface area contributed by atoms with E-state index in [4.69, 9.17) is 12.2 Å². The first-order valence-electron chi connectivity index (χ1n) is 6.69. The van der Waals surface area contributed by atoms with Gasteiger partial charge >= 0.3 is 0 Å². The highest BCUT2D eigenvalue weighted by Crippen LogP contribution is 2.20. The largest absolute Gasteiger partial charge is 0.362 e. The third kappa shape index (κ3) is 4.28. The van der Waals surface area contributed by atoms with Crippen molar-refractivity contribution in [3.05, 3.63) is 0 Å². The van der Waals surface area contributed by atoms with Crippen molar-refractivity contribution in [3.63, 3.8) is 0 Å². The number of nitrogens with zero attached hydrogens (tertiary/aromatic N) is 1. The molecular formula is C13H26N2S. The van der Waals surface area contributed by atoms with Crippen LogP contribution in [-0.2, 0) is 0 Å². The average molecular weight is 242 g/mol. The van der Waals surface area contributed by atoms with Crippen LogP contribution in [0.4, 0.5) is 0 Å². The van der Waals surface area contributed by atoms with Crippen LogP contribution in [0, 0.1) is 5.92 Å². The van der Waals surface area contributed by atoms with Gasteiger partial charge in [-0.05, 0) is 43.8 Å². The van der Waals surface area contributed by atoms with Gasteiger partial charge in [0.15, 0.2) is 5.11 Å². The molecule has 0 aromatic heterocycles. The average Bonchev–Trinajstić information content (AvgIpc) is 2.27. The molecular weight excluding hydrogens is 216 g/mol. The molecule has 0 radical (unpaired) electrons. The smallest absolute Gasteiger partial charge is 0.169 e. The highest BCUT2D eigenvalue weighted by Gasteiger charge is 2.23. The summed E-state index contributed by atoms with van der Waals surface area (Å²) in [5, 5.41) is 4.38. The van der Waals surface area contributed by atoms with Crippen LogP contribution >= 0.6 is 12.2 Å². The zero-order valence-corrected chi connectivity index (χ0v) is 11.8. The Kier molecular flexibility index (Phi) is 6.10. The molecule has 1 heterocycles. The molecule has 3 heteroatoms.